The number of nitrogens with one attached hydrogen (secondary N) is 1. The Morgan fingerprint density at radius 3 is 2.37 bits per heavy atom. The summed E-state index contributed by atoms with van der Waals surface area (Å²) in [4.78, 5) is 58.8. The molecule has 3 heterocycles. The largest absolute Gasteiger partial charge is 0.451 e. The summed E-state index contributed by atoms with van der Waals surface area (Å²) in [5, 5.41) is 3.34. The van der Waals surface area contributed by atoms with Crippen molar-refractivity contribution in [2.45, 2.75) is 43.2 Å². The fourth-order valence-corrected chi connectivity index (χ4v) is 7.11. The van der Waals surface area contributed by atoms with Gasteiger partial charge in [0.2, 0.25) is 11.8 Å². The van der Waals surface area contributed by atoms with Crippen molar-refractivity contribution in [3.05, 3.63) is 105 Å². The number of carbonyl (C=O) groups is 3. The number of piperazine rings is 1. The molecule has 0 unspecified atom stereocenters. The van der Waals surface area contributed by atoms with Gasteiger partial charge in [-0.1, -0.05) is 41.9 Å². The first kappa shape index (κ1) is 34.2. The average Bonchev–Trinajstić information content (AvgIpc) is 3.09. The van der Waals surface area contributed by atoms with E-state index >= 15 is 0 Å². The molecule has 4 aromatic rings. The van der Waals surface area contributed by atoms with E-state index in [2.05, 4.69) is 10.2 Å². The van der Waals surface area contributed by atoms with Gasteiger partial charge in [-0.3, -0.25) is 19.2 Å². The third-order valence-corrected chi connectivity index (χ3v) is 10.4. The van der Waals surface area contributed by atoms with Gasteiger partial charge >= 0.3 is 0 Å². The molecule has 11 nitrogen and oxygen atoms in total. The third kappa shape index (κ3) is 7.97. The first-order valence-electron chi connectivity index (χ1n) is 16.2. The molecule has 2 fully saturated rings. The number of amides is 3. The lowest BCUT2D eigenvalue weighted by Gasteiger charge is -2.39. The van der Waals surface area contributed by atoms with Gasteiger partial charge in [0, 0.05) is 75.1 Å². The highest BCUT2D eigenvalue weighted by atomic mass is 35.5. The van der Waals surface area contributed by atoms with Crippen molar-refractivity contribution in [1.82, 2.24) is 15.1 Å². The lowest BCUT2D eigenvalue weighted by Crippen LogP contribution is -2.55. The molecular formula is C36H37ClN4O7S. The summed E-state index contributed by atoms with van der Waals surface area (Å²) < 4.78 is 29.7. The number of para-hydroxylation sites is 1. The number of anilines is 1. The standard InChI is InChI=1S/C36H37ClN4O7S/c1-49(46,47)27-13-14-32-28(21-27)31(42)22-33(48-32)35(44)38-29(20-24-9-11-26(37)12-10-24)36(45)40-18-16-39(17-19-40)30-7-3-2-6-25(30)23-41-15-5-4-8-34(41)43/h2-3,6-7,9-14,21-22,29H,4-5,8,15-20,23H2,1H3,(H,38,44)/t29-/m1/s1. The first-order chi connectivity index (χ1) is 23.5. The highest BCUT2D eigenvalue weighted by Crippen LogP contribution is 2.26. The maximum atomic E-state index is 14.0. The summed E-state index contributed by atoms with van der Waals surface area (Å²) in [5.74, 6) is -1.16. The number of rotatable bonds is 9. The van der Waals surface area contributed by atoms with Crippen LogP contribution in [0.5, 0.6) is 0 Å². The fourth-order valence-electron chi connectivity index (χ4n) is 6.34. The second kappa shape index (κ2) is 14.4. The summed E-state index contributed by atoms with van der Waals surface area (Å²) >= 11 is 6.09. The van der Waals surface area contributed by atoms with Crippen molar-refractivity contribution in [3.8, 4) is 0 Å². The molecule has 256 valence electrons. The summed E-state index contributed by atoms with van der Waals surface area (Å²) in [6, 6.07) is 18.9. The molecule has 2 saturated heterocycles. The Morgan fingerprint density at radius 2 is 1.65 bits per heavy atom. The first-order valence-corrected chi connectivity index (χ1v) is 18.5. The zero-order valence-corrected chi connectivity index (χ0v) is 28.6. The Morgan fingerprint density at radius 1 is 0.918 bits per heavy atom. The fraction of sp³-hybridized carbons (Fsp3) is 0.333. The topological polar surface area (TPSA) is 137 Å². The van der Waals surface area contributed by atoms with E-state index in [1.165, 1.54) is 18.2 Å². The zero-order valence-electron chi connectivity index (χ0n) is 27.1. The van der Waals surface area contributed by atoms with Gasteiger partial charge in [0.25, 0.3) is 5.91 Å². The average molecular weight is 705 g/mol. The van der Waals surface area contributed by atoms with E-state index < -0.39 is 27.2 Å². The summed E-state index contributed by atoms with van der Waals surface area (Å²) in [7, 11) is -3.56. The number of hydrogen-bond acceptors (Lipinski definition) is 8. The number of piperidine rings is 1. The summed E-state index contributed by atoms with van der Waals surface area (Å²) in [5.41, 5.74) is 2.34. The smallest absolute Gasteiger partial charge is 0.287 e. The maximum Gasteiger partial charge on any atom is 0.287 e. The predicted octanol–water partition coefficient (Wildman–Crippen LogP) is 4.05. The Bertz CT molecular complexity index is 2060. The van der Waals surface area contributed by atoms with Crippen LogP contribution in [0.25, 0.3) is 11.0 Å². The number of nitrogens with zero attached hydrogens (tertiary/aromatic N) is 3. The minimum absolute atomic E-state index is 0.0234. The van der Waals surface area contributed by atoms with Crippen LogP contribution in [0.15, 0.2) is 86.9 Å². The summed E-state index contributed by atoms with van der Waals surface area (Å²) in [6.45, 7) is 3.25. The molecule has 49 heavy (non-hydrogen) atoms. The molecule has 1 N–H and O–H groups in total. The van der Waals surface area contributed by atoms with Gasteiger partial charge in [0.05, 0.1) is 10.3 Å². The highest BCUT2D eigenvalue weighted by Gasteiger charge is 2.31. The number of sulfone groups is 1. The van der Waals surface area contributed by atoms with Crippen molar-refractivity contribution < 1.29 is 27.2 Å². The monoisotopic (exact) mass is 704 g/mol. The molecule has 1 atom stereocenters. The van der Waals surface area contributed by atoms with Gasteiger partial charge in [0.1, 0.15) is 11.6 Å². The second-order valence-corrected chi connectivity index (χ2v) is 14.9. The SMILES string of the molecule is CS(=O)(=O)c1ccc2oc(C(=O)N[C@H](Cc3ccc(Cl)cc3)C(=O)N3CCN(c4ccccc4CN4CCCCC4=O)CC3)cc(=O)c2c1. The lowest BCUT2D eigenvalue weighted by molar-refractivity contribution is -0.134. The van der Waals surface area contributed by atoms with Crippen LogP contribution >= 0.6 is 11.6 Å². The molecular weight excluding hydrogens is 668 g/mol. The number of benzene rings is 3. The van der Waals surface area contributed by atoms with Crippen molar-refractivity contribution in [1.29, 1.82) is 0 Å². The Kier molecular flexibility index (Phi) is 10.1. The van der Waals surface area contributed by atoms with Crippen molar-refractivity contribution in [2.24, 2.45) is 0 Å². The molecule has 0 saturated carbocycles. The van der Waals surface area contributed by atoms with Crippen molar-refractivity contribution in [2.75, 3.05) is 43.9 Å². The molecule has 6 rings (SSSR count). The van der Waals surface area contributed by atoms with Crippen molar-refractivity contribution in [3.63, 3.8) is 0 Å². The van der Waals surface area contributed by atoms with Crippen LogP contribution < -0.4 is 15.6 Å². The van der Waals surface area contributed by atoms with Crippen LogP contribution in [-0.4, -0.2) is 81.0 Å². The van der Waals surface area contributed by atoms with E-state index in [1.54, 1.807) is 29.2 Å². The molecule has 3 amide bonds. The quantitative estimate of drug-likeness (QED) is 0.276. The van der Waals surface area contributed by atoms with Gasteiger partial charge < -0.3 is 24.4 Å². The van der Waals surface area contributed by atoms with Gasteiger partial charge in [-0.05, 0) is 60.4 Å². The highest BCUT2D eigenvalue weighted by molar-refractivity contribution is 7.90. The second-order valence-electron chi connectivity index (χ2n) is 12.5. The van der Waals surface area contributed by atoms with E-state index in [0.29, 0.717) is 44.2 Å². The Balaban J connectivity index is 1.19. The number of likely N-dealkylation sites (tertiary alicyclic amines) is 1. The molecule has 13 heteroatoms. The summed E-state index contributed by atoms with van der Waals surface area (Å²) in [6.07, 6.45) is 3.72. The molecule has 3 aromatic carbocycles. The van der Waals surface area contributed by atoms with E-state index in [9.17, 15) is 27.6 Å². The minimum atomic E-state index is -3.56. The van der Waals surface area contributed by atoms with E-state index in [1.807, 2.05) is 29.2 Å². The molecule has 0 aliphatic carbocycles. The number of halogens is 1. The van der Waals surface area contributed by atoms with Crippen LogP contribution in [0.1, 0.15) is 40.9 Å². The van der Waals surface area contributed by atoms with Gasteiger partial charge in [-0.2, -0.15) is 0 Å². The molecule has 0 bridgehead atoms. The Hall–Kier alpha value is -4.68. The molecule has 0 radical (unpaired) electrons. The van der Waals surface area contributed by atoms with E-state index in [-0.39, 0.29) is 39.9 Å². The molecule has 2 aliphatic rings. The number of carbonyl (C=O) groups excluding carboxylic acids is 3. The number of fused-ring (bicyclic) bond motifs is 1. The predicted molar refractivity (Wildman–Crippen MR) is 187 cm³/mol. The van der Waals surface area contributed by atoms with Gasteiger partial charge in [-0.15, -0.1) is 0 Å². The van der Waals surface area contributed by atoms with Gasteiger partial charge in [0.15, 0.2) is 21.0 Å². The van der Waals surface area contributed by atoms with Crippen LogP contribution in [0, 0.1) is 0 Å². The van der Waals surface area contributed by atoms with Crippen molar-refractivity contribution >= 4 is 55.8 Å². The molecule has 1 aromatic heterocycles. The zero-order chi connectivity index (χ0) is 34.7. The molecule has 0 spiro atoms. The van der Waals surface area contributed by atoms with Crippen LogP contribution in [0.4, 0.5) is 5.69 Å². The third-order valence-electron chi connectivity index (χ3n) is 9.01. The van der Waals surface area contributed by atoms with Crippen LogP contribution in [-0.2, 0) is 32.4 Å². The lowest BCUT2D eigenvalue weighted by atomic mass is 10.0. The van der Waals surface area contributed by atoms with Crippen LogP contribution in [0.2, 0.25) is 5.02 Å². The normalized spacial score (nSPS) is 16.1. The van der Waals surface area contributed by atoms with Crippen LogP contribution in [0.3, 0.4) is 0 Å². The van der Waals surface area contributed by atoms with Gasteiger partial charge in [-0.25, -0.2) is 8.42 Å². The molecule has 2 aliphatic heterocycles. The van der Waals surface area contributed by atoms with E-state index in [4.69, 9.17) is 16.0 Å². The number of hydrogen-bond donors (Lipinski definition) is 1. The Labute approximate surface area is 289 Å². The minimum Gasteiger partial charge on any atom is -0.451 e. The maximum absolute atomic E-state index is 14.0. The van der Waals surface area contributed by atoms with E-state index in [0.717, 1.165) is 48.5 Å².